The highest BCUT2D eigenvalue weighted by Gasteiger charge is 2.45. The molecule has 2 heterocycles. The number of Topliss-reactive ketones (excluding diaryl/α,β-unsaturated/α-hetero) is 1. The van der Waals surface area contributed by atoms with Gasteiger partial charge < -0.3 is 15.2 Å². The van der Waals surface area contributed by atoms with E-state index in [0.717, 1.165) is 15.6 Å². The van der Waals surface area contributed by atoms with Gasteiger partial charge in [0.05, 0.1) is 31.8 Å². The molecular weight excluding hydrogens is 458 g/mol. The van der Waals surface area contributed by atoms with Gasteiger partial charge in [0.2, 0.25) is 5.13 Å². The summed E-state index contributed by atoms with van der Waals surface area (Å²) in [5, 5.41) is 19.2. The summed E-state index contributed by atoms with van der Waals surface area (Å²) in [6.45, 7) is 4.12. The van der Waals surface area contributed by atoms with Crippen molar-refractivity contribution < 1.29 is 14.3 Å². The number of nitriles is 1. The average molecular weight is 484 g/mol. The third-order valence-electron chi connectivity index (χ3n) is 5.88. The number of nitrogens with zero attached hydrogens (tertiary/aromatic N) is 4. The van der Waals surface area contributed by atoms with E-state index in [1.165, 1.54) is 23.1 Å². The van der Waals surface area contributed by atoms with Crippen LogP contribution in [-0.4, -0.2) is 36.5 Å². The van der Waals surface area contributed by atoms with Crippen LogP contribution in [0.1, 0.15) is 38.2 Å². The van der Waals surface area contributed by atoms with E-state index >= 15 is 0 Å². The number of carbonyl (C=O) groups is 1. The average Bonchev–Trinajstić information content (AvgIpc) is 3.25. The first kappa shape index (κ1) is 23.1. The van der Waals surface area contributed by atoms with Crippen LogP contribution in [0.5, 0.6) is 11.5 Å². The normalized spacial score (nSPS) is 19.9. The lowest BCUT2D eigenvalue weighted by Gasteiger charge is -2.42. The molecule has 1 aromatic heterocycles. The van der Waals surface area contributed by atoms with Crippen LogP contribution in [0.15, 0.2) is 45.2 Å². The first-order valence-electron chi connectivity index (χ1n) is 10.3. The molecule has 1 aromatic carbocycles. The van der Waals surface area contributed by atoms with Crippen LogP contribution < -0.4 is 20.1 Å². The maximum absolute atomic E-state index is 13.6. The predicted molar refractivity (Wildman–Crippen MR) is 128 cm³/mol. The number of benzene rings is 1. The summed E-state index contributed by atoms with van der Waals surface area (Å²) in [7, 11) is 3.12. The van der Waals surface area contributed by atoms with Gasteiger partial charge in [-0.3, -0.25) is 9.69 Å². The summed E-state index contributed by atoms with van der Waals surface area (Å²) in [6.07, 6.45) is 2.92. The summed E-state index contributed by atoms with van der Waals surface area (Å²) in [6, 6.07) is 7.70. The molecule has 8 nitrogen and oxygen atoms in total. The molecule has 1 unspecified atom stereocenters. The Kier molecular flexibility index (Phi) is 6.12. The van der Waals surface area contributed by atoms with Crippen LogP contribution in [0, 0.1) is 16.7 Å². The second kappa shape index (κ2) is 8.72. The number of nitrogens with two attached hydrogens (primary N) is 1. The monoisotopic (exact) mass is 483 g/mol. The third-order valence-corrected chi connectivity index (χ3v) is 7.77. The number of ether oxygens (including phenoxy) is 2. The molecule has 0 bridgehead atoms. The van der Waals surface area contributed by atoms with Crippen molar-refractivity contribution in [1.82, 2.24) is 10.2 Å². The molecule has 4 rings (SSSR count). The van der Waals surface area contributed by atoms with Gasteiger partial charge >= 0.3 is 0 Å². The Morgan fingerprint density at radius 2 is 1.97 bits per heavy atom. The van der Waals surface area contributed by atoms with Gasteiger partial charge in [0.25, 0.3) is 0 Å². The smallest absolute Gasteiger partial charge is 0.219 e. The minimum Gasteiger partial charge on any atom is -0.493 e. The van der Waals surface area contributed by atoms with E-state index in [0.29, 0.717) is 40.6 Å². The molecular formula is C23H25N5O3S2. The number of carbonyl (C=O) groups excluding carboxylic acids is 1. The number of hydrogen-bond donors (Lipinski definition) is 1. The van der Waals surface area contributed by atoms with E-state index in [9.17, 15) is 10.1 Å². The molecule has 172 valence electrons. The first-order valence-corrected chi connectivity index (χ1v) is 12.3. The van der Waals surface area contributed by atoms with E-state index in [1.54, 1.807) is 31.3 Å². The topological polar surface area (TPSA) is 114 Å². The molecule has 2 aromatic rings. The standard InChI is InChI=1S/C23H25N5O3S2/c1-23(2)9-14-19(15(29)10-23)18(12-6-7-16(30-3)17(8-12)31-4)13(11-24)20(25)28(14)21-26-27-22(32-5)33-21/h6-8,18H,9-10,25H2,1-5H3. The van der Waals surface area contributed by atoms with Gasteiger partial charge in [-0.05, 0) is 35.8 Å². The number of hydrogen-bond acceptors (Lipinski definition) is 10. The Morgan fingerprint density at radius 3 is 2.58 bits per heavy atom. The van der Waals surface area contributed by atoms with Crippen molar-refractivity contribution in [3.8, 4) is 17.6 Å². The second-order valence-electron chi connectivity index (χ2n) is 8.65. The Hall–Kier alpha value is -3.03. The van der Waals surface area contributed by atoms with Gasteiger partial charge in [0, 0.05) is 17.7 Å². The van der Waals surface area contributed by atoms with Gasteiger partial charge in [0.15, 0.2) is 21.6 Å². The lowest BCUT2D eigenvalue weighted by molar-refractivity contribution is -0.118. The van der Waals surface area contributed by atoms with Gasteiger partial charge in [-0.15, -0.1) is 10.2 Å². The van der Waals surface area contributed by atoms with Crippen LogP contribution in [-0.2, 0) is 4.79 Å². The molecule has 0 fully saturated rings. The van der Waals surface area contributed by atoms with Crippen molar-refractivity contribution in [1.29, 1.82) is 5.26 Å². The summed E-state index contributed by atoms with van der Waals surface area (Å²) >= 11 is 2.87. The molecule has 0 saturated heterocycles. The van der Waals surface area contributed by atoms with Crippen molar-refractivity contribution in [2.75, 3.05) is 25.4 Å². The quantitative estimate of drug-likeness (QED) is 0.624. The number of anilines is 1. The Morgan fingerprint density at radius 1 is 1.24 bits per heavy atom. The van der Waals surface area contributed by atoms with Crippen molar-refractivity contribution in [3.05, 3.63) is 46.4 Å². The number of ketones is 1. The lowest BCUT2D eigenvalue weighted by atomic mass is 9.68. The predicted octanol–water partition coefficient (Wildman–Crippen LogP) is 4.22. The molecule has 1 aliphatic carbocycles. The second-order valence-corrected chi connectivity index (χ2v) is 10.7. The molecule has 2 aliphatic rings. The highest BCUT2D eigenvalue weighted by atomic mass is 32.2. The van der Waals surface area contributed by atoms with E-state index < -0.39 is 5.92 Å². The number of rotatable bonds is 5. The van der Waals surface area contributed by atoms with Crippen LogP contribution in [0.2, 0.25) is 0 Å². The zero-order valence-electron chi connectivity index (χ0n) is 19.1. The fraction of sp³-hybridized carbons (Fsp3) is 0.391. The number of thioether (sulfide) groups is 1. The Balaban J connectivity index is 1.97. The number of aromatic nitrogens is 2. The minimum atomic E-state index is -0.599. The SMILES string of the molecule is COc1ccc(C2C(C#N)=C(N)N(c3nnc(SC)s3)C3=C2C(=O)CC(C)(C)C3)cc1OC. The van der Waals surface area contributed by atoms with Crippen molar-refractivity contribution in [2.24, 2.45) is 11.1 Å². The molecule has 0 spiro atoms. The Labute approximate surface area is 201 Å². The number of methoxy groups -OCH3 is 2. The van der Waals surface area contributed by atoms with Crippen LogP contribution in [0.4, 0.5) is 5.13 Å². The van der Waals surface area contributed by atoms with Crippen LogP contribution >= 0.6 is 23.1 Å². The van der Waals surface area contributed by atoms with Crippen molar-refractivity contribution in [3.63, 3.8) is 0 Å². The van der Waals surface area contributed by atoms with Crippen LogP contribution in [0.3, 0.4) is 0 Å². The molecule has 1 atom stereocenters. The van der Waals surface area contributed by atoms with Gasteiger partial charge in [0.1, 0.15) is 5.82 Å². The molecule has 0 radical (unpaired) electrons. The van der Waals surface area contributed by atoms with Gasteiger partial charge in [-0.2, -0.15) is 5.26 Å². The van der Waals surface area contributed by atoms with Gasteiger partial charge in [-0.1, -0.05) is 43.0 Å². The fourth-order valence-corrected chi connectivity index (χ4v) is 5.77. The summed E-state index contributed by atoms with van der Waals surface area (Å²) in [5.74, 6) is 0.759. The zero-order valence-corrected chi connectivity index (χ0v) is 20.8. The maximum Gasteiger partial charge on any atom is 0.219 e. The summed E-state index contributed by atoms with van der Waals surface area (Å²) in [4.78, 5) is 15.3. The largest absolute Gasteiger partial charge is 0.493 e. The van der Waals surface area contributed by atoms with E-state index in [-0.39, 0.29) is 17.0 Å². The summed E-state index contributed by atoms with van der Waals surface area (Å²) < 4.78 is 11.6. The first-order chi connectivity index (χ1) is 15.7. The molecule has 33 heavy (non-hydrogen) atoms. The van der Waals surface area contributed by atoms with Gasteiger partial charge in [-0.25, -0.2) is 0 Å². The molecule has 10 heteroatoms. The maximum atomic E-state index is 13.6. The third kappa shape index (κ3) is 3.96. The minimum absolute atomic E-state index is 0.000824. The van der Waals surface area contributed by atoms with E-state index in [2.05, 4.69) is 30.1 Å². The van der Waals surface area contributed by atoms with E-state index in [4.69, 9.17) is 15.2 Å². The molecule has 0 saturated carbocycles. The highest BCUT2D eigenvalue weighted by Crippen LogP contribution is 2.51. The molecule has 2 N–H and O–H groups in total. The van der Waals surface area contributed by atoms with Crippen LogP contribution in [0.25, 0.3) is 0 Å². The zero-order chi connectivity index (χ0) is 23.9. The summed E-state index contributed by atoms with van der Waals surface area (Å²) in [5.41, 5.74) is 8.77. The fourth-order valence-electron chi connectivity index (χ4n) is 4.47. The lowest BCUT2D eigenvalue weighted by Crippen LogP contribution is -2.42. The van der Waals surface area contributed by atoms with E-state index in [1.807, 2.05) is 12.3 Å². The van der Waals surface area contributed by atoms with Crippen molar-refractivity contribution in [2.45, 2.75) is 36.9 Å². The molecule has 0 amide bonds. The molecule has 1 aliphatic heterocycles. The van der Waals surface area contributed by atoms with Crippen molar-refractivity contribution >= 4 is 34.0 Å². The highest BCUT2D eigenvalue weighted by molar-refractivity contribution is 8.00. The Bertz CT molecular complexity index is 1220. The number of allylic oxidation sites excluding steroid dienone is 3.